The van der Waals surface area contributed by atoms with Gasteiger partial charge >= 0.3 is 0 Å². The van der Waals surface area contributed by atoms with Gasteiger partial charge in [-0.25, -0.2) is 0 Å². The molecule has 0 aliphatic rings. The van der Waals surface area contributed by atoms with Crippen molar-refractivity contribution in [3.8, 4) is 44.5 Å². The lowest BCUT2D eigenvalue weighted by atomic mass is 9.84. The first kappa shape index (κ1) is 38.6. The van der Waals surface area contributed by atoms with Crippen molar-refractivity contribution in [1.82, 2.24) is 0 Å². The SMILES string of the molecule is c1ccc(-c2ccc(N(c3ccc(-c4c(-c5ccc6oc7ccccc7c6c5-c5cccc6ccccc56)ccc5oc6ccccc6c45)cc3)c3ccc4sc5ccccc5c4c3)cc2)cc1. The molecule has 0 fully saturated rings. The Kier molecular flexibility index (Phi) is 8.76. The summed E-state index contributed by atoms with van der Waals surface area (Å²) in [7, 11) is 0. The number of benzene rings is 11. The van der Waals surface area contributed by atoms with E-state index in [0.29, 0.717) is 0 Å². The summed E-state index contributed by atoms with van der Waals surface area (Å²) in [6, 6.07) is 85.3. The van der Waals surface area contributed by atoms with Gasteiger partial charge in [0.05, 0.1) is 0 Å². The summed E-state index contributed by atoms with van der Waals surface area (Å²) in [6.07, 6.45) is 0. The molecule has 68 heavy (non-hydrogen) atoms. The van der Waals surface area contributed by atoms with Crippen molar-refractivity contribution in [2.75, 3.05) is 4.90 Å². The molecule has 0 atom stereocenters. The van der Waals surface area contributed by atoms with Crippen LogP contribution in [0.2, 0.25) is 0 Å². The van der Waals surface area contributed by atoms with Crippen LogP contribution in [0.3, 0.4) is 0 Å². The smallest absolute Gasteiger partial charge is 0.136 e. The van der Waals surface area contributed by atoms with Crippen LogP contribution in [0, 0.1) is 0 Å². The lowest BCUT2D eigenvalue weighted by Crippen LogP contribution is -2.09. The van der Waals surface area contributed by atoms with Crippen molar-refractivity contribution >= 4 is 103 Å². The van der Waals surface area contributed by atoms with Gasteiger partial charge in [0.2, 0.25) is 0 Å². The van der Waals surface area contributed by atoms with E-state index in [-0.39, 0.29) is 0 Å². The summed E-state index contributed by atoms with van der Waals surface area (Å²) in [5.41, 5.74) is 15.9. The number of anilines is 3. The van der Waals surface area contributed by atoms with Gasteiger partial charge < -0.3 is 13.7 Å². The fourth-order valence-electron chi connectivity index (χ4n) is 10.6. The van der Waals surface area contributed by atoms with Crippen LogP contribution in [0.4, 0.5) is 17.1 Å². The molecule has 318 valence electrons. The molecule has 3 aromatic heterocycles. The minimum Gasteiger partial charge on any atom is -0.456 e. The second-order valence-corrected chi connectivity index (χ2v) is 18.6. The van der Waals surface area contributed by atoms with Crippen molar-refractivity contribution < 1.29 is 8.83 Å². The Bertz CT molecular complexity index is 4250. The molecular weight excluding hydrogens is 847 g/mol. The average Bonchev–Trinajstić information content (AvgIpc) is 4.10. The Hall–Kier alpha value is -8.70. The molecule has 0 radical (unpaired) electrons. The molecule has 0 bridgehead atoms. The monoisotopic (exact) mass is 885 g/mol. The Morgan fingerprint density at radius 1 is 0.294 bits per heavy atom. The number of hydrogen-bond acceptors (Lipinski definition) is 4. The van der Waals surface area contributed by atoms with Gasteiger partial charge in [0.1, 0.15) is 22.3 Å². The highest BCUT2D eigenvalue weighted by atomic mass is 32.1. The molecule has 3 nitrogen and oxygen atoms in total. The summed E-state index contributed by atoms with van der Waals surface area (Å²) in [5, 5.41) is 9.31. The second-order valence-electron chi connectivity index (χ2n) is 17.5. The van der Waals surface area contributed by atoms with Crippen molar-refractivity contribution in [3.05, 3.63) is 237 Å². The highest BCUT2D eigenvalue weighted by Gasteiger charge is 2.25. The maximum atomic E-state index is 6.65. The van der Waals surface area contributed by atoms with Crippen molar-refractivity contribution in [2.24, 2.45) is 0 Å². The lowest BCUT2D eigenvalue weighted by Gasteiger charge is -2.26. The van der Waals surface area contributed by atoms with E-state index in [1.165, 1.54) is 42.1 Å². The topological polar surface area (TPSA) is 29.5 Å². The van der Waals surface area contributed by atoms with E-state index in [1.807, 2.05) is 23.5 Å². The number of furan rings is 2. The van der Waals surface area contributed by atoms with Gasteiger partial charge in [-0.3, -0.25) is 0 Å². The molecule has 0 unspecified atom stereocenters. The maximum absolute atomic E-state index is 6.65. The first-order valence-corrected chi connectivity index (χ1v) is 23.9. The van der Waals surface area contributed by atoms with E-state index >= 15 is 0 Å². The highest BCUT2D eigenvalue weighted by Crippen LogP contribution is 2.50. The van der Waals surface area contributed by atoms with Crippen LogP contribution in [-0.4, -0.2) is 0 Å². The molecule has 0 saturated heterocycles. The molecule has 14 aromatic rings. The molecule has 0 saturated carbocycles. The Labute approximate surface area is 396 Å². The molecular formula is C64H39NO2S. The zero-order chi connectivity index (χ0) is 44.7. The van der Waals surface area contributed by atoms with Gasteiger partial charge in [-0.15, -0.1) is 11.3 Å². The summed E-state index contributed by atoms with van der Waals surface area (Å²) < 4.78 is 15.8. The van der Waals surface area contributed by atoms with Crippen molar-refractivity contribution in [2.45, 2.75) is 0 Å². The van der Waals surface area contributed by atoms with Gasteiger partial charge in [-0.1, -0.05) is 152 Å². The molecule has 14 rings (SSSR count). The maximum Gasteiger partial charge on any atom is 0.136 e. The third kappa shape index (κ3) is 6.12. The number of thiophene rings is 1. The Morgan fingerprint density at radius 2 is 0.809 bits per heavy atom. The van der Waals surface area contributed by atoms with Crippen LogP contribution in [0.5, 0.6) is 0 Å². The summed E-state index contributed by atoms with van der Waals surface area (Å²) in [4.78, 5) is 2.38. The largest absolute Gasteiger partial charge is 0.456 e. The predicted molar refractivity (Wildman–Crippen MR) is 288 cm³/mol. The number of hydrogen-bond donors (Lipinski definition) is 0. The number of fused-ring (bicyclic) bond motifs is 10. The van der Waals surface area contributed by atoms with E-state index in [0.717, 1.165) is 94.3 Å². The van der Waals surface area contributed by atoms with Crippen LogP contribution in [-0.2, 0) is 0 Å². The van der Waals surface area contributed by atoms with Crippen LogP contribution < -0.4 is 4.90 Å². The van der Waals surface area contributed by atoms with E-state index in [4.69, 9.17) is 8.83 Å². The highest BCUT2D eigenvalue weighted by molar-refractivity contribution is 7.25. The quantitative estimate of drug-likeness (QED) is 0.160. The van der Waals surface area contributed by atoms with Gasteiger partial charge in [0.15, 0.2) is 0 Å². The third-order valence-electron chi connectivity index (χ3n) is 13.7. The van der Waals surface area contributed by atoms with E-state index in [9.17, 15) is 0 Å². The average molecular weight is 886 g/mol. The first-order valence-electron chi connectivity index (χ1n) is 23.1. The van der Waals surface area contributed by atoms with Gasteiger partial charge in [-0.05, 0) is 129 Å². The van der Waals surface area contributed by atoms with E-state index in [2.05, 4.69) is 229 Å². The number of para-hydroxylation sites is 2. The first-order chi connectivity index (χ1) is 33.7. The Balaban J connectivity index is 1.000. The third-order valence-corrected chi connectivity index (χ3v) is 14.9. The van der Waals surface area contributed by atoms with Crippen molar-refractivity contribution in [3.63, 3.8) is 0 Å². The van der Waals surface area contributed by atoms with Crippen molar-refractivity contribution in [1.29, 1.82) is 0 Å². The molecule has 0 aliphatic heterocycles. The van der Waals surface area contributed by atoms with Crippen LogP contribution >= 0.6 is 11.3 Å². The fourth-order valence-corrected chi connectivity index (χ4v) is 11.7. The second kappa shape index (κ2) is 15.5. The van der Waals surface area contributed by atoms with E-state index in [1.54, 1.807) is 0 Å². The summed E-state index contributed by atoms with van der Waals surface area (Å²) in [6.45, 7) is 0. The summed E-state index contributed by atoms with van der Waals surface area (Å²) in [5.74, 6) is 0. The van der Waals surface area contributed by atoms with Gasteiger partial charge in [0, 0.05) is 69.9 Å². The minimum atomic E-state index is 0.854. The zero-order valence-electron chi connectivity index (χ0n) is 36.7. The number of rotatable bonds is 7. The normalized spacial score (nSPS) is 11.8. The zero-order valence-corrected chi connectivity index (χ0v) is 37.5. The Morgan fingerprint density at radius 3 is 1.51 bits per heavy atom. The molecule has 3 heterocycles. The van der Waals surface area contributed by atoms with Crippen LogP contribution in [0.15, 0.2) is 245 Å². The van der Waals surface area contributed by atoms with Gasteiger partial charge in [0.25, 0.3) is 0 Å². The molecule has 0 spiro atoms. The van der Waals surface area contributed by atoms with Crippen LogP contribution in [0.1, 0.15) is 0 Å². The molecule has 0 N–H and O–H groups in total. The lowest BCUT2D eigenvalue weighted by molar-refractivity contribution is 0.668. The minimum absolute atomic E-state index is 0.854. The fraction of sp³-hybridized carbons (Fsp3) is 0. The molecule has 4 heteroatoms. The standard InChI is InChI=1S/C64H39NO2S/c1-2-13-40(14-3-1)41-25-29-44(30-26-41)65(46-33-38-60-54(39-46)48-18-8-11-24-59(48)68-60)45-31-27-43(28-32-45)61-50(34-36-57-63(61)52-19-6-9-22-55(52)66-57)51-35-37-58-64(53-20-7-10-23-56(53)67-58)62(51)49-21-12-16-42-15-4-5-17-47(42)49/h1-39H. The molecule has 11 aromatic carbocycles. The number of nitrogens with zero attached hydrogens (tertiary/aromatic N) is 1. The molecule has 0 aliphatic carbocycles. The summed E-state index contributed by atoms with van der Waals surface area (Å²) >= 11 is 1.84. The molecule has 0 amide bonds. The van der Waals surface area contributed by atoms with Crippen LogP contribution in [0.25, 0.3) is 119 Å². The van der Waals surface area contributed by atoms with E-state index < -0.39 is 0 Å². The predicted octanol–water partition coefficient (Wildman–Crippen LogP) is 19.1. The van der Waals surface area contributed by atoms with Gasteiger partial charge in [-0.2, -0.15) is 0 Å².